The predicted molar refractivity (Wildman–Crippen MR) is 106 cm³/mol. The van der Waals surface area contributed by atoms with E-state index in [0.29, 0.717) is 6.42 Å². The highest BCUT2D eigenvalue weighted by atomic mass is 16.5. The molecular formula is C22H22N2O2. The van der Waals surface area contributed by atoms with Crippen LogP contribution in [-0.2, 0) is 11.2 Å². The van der Waals surface area contributed by atoms with Gasteiger partial charge in [0, 0.05) is 23.1 Å². The molecule has 0 fully saturated rings. The summed E-state index contributed by atoms with van der Waals surface area (Å²) in [6.07, 6.45) is 0.365. The molecule has 3 aromatic rings. The van der Waals surface area contributed by atoms with Gasteiger partial charge in [-0.3, -0.25) is 4.79 Å². The quantitative estimate of drug-likeness (QED) is 0.665. The van der Waals surface area contributed by atoms with Gasteiger partial charge in [0.2, 0.25) is 5.91 Å². The highest BCUT2D eigenvalue weighted by molar-refractivity contribution is 5.92. The van der Waals surface area contributed by atoms with Crippen LogP contribution >= 0.6 is 0 Å². The predicted octanol–water partition coefficient (Wildman–Crippen LogP) is 4.93. The van der Waals surface area contributed by atoms with Gasteiger partial charge >= 0.3 is 0 Å². The van der Waals surface area contributed by atoms with Crippen LogP contribution in [0.1, 0.15) is 11.1 Å². The lowest BCUT2D eigenvalue weighted by molar-refractivity contribution is -0.115. The first-order valence-electron chi connectivity index (χ1n) is 8.49. The van der Waals surface area contributed by atoms with Crippen molar-refractivity contribution < 1.29 is 9.53 Å². The third-order valence-electron chi connectivity index (χ3n) is 4.01. The fourth-order valence-electron chi connectivity index (χ4n) is 2.60. The zero-order valence-electron chi connectivity index (χ0n) is 15.0. The van der Waals surface area contributed by atoms with Gasteiger partial charge in [-0.15, -0.1) is 0 Å². The van der Waals surface area contributed by atoms with Gasteiger partial charge in [0.25, 0.3) is 0 Å². The van der Waals surface area contributed by atoms with Crippen LogP contribution in [0.4, 0.5) is 17.1 Å². The lowest BCUT2D eigenvalue weighted by Gasteiger charge is -2.10. The summed E-state index contributed by atoms with van der Waals surface area (Å²) in [7, 11) is 1.65. The number of carbonyl (C=O) groups is 1. The molecule has 1 amide bonds. The monoisotopic (exact) mass is 346 g/mol. The lowest BCUT2D eigenvalue weighted by Crippen LogP contribution is -2.14. The molecule has 0 saturated carbocycles. The Bertz CT molecular complexity index is 871. The summed E-state index contributed by atoms with van der Waals surface area (Å²) < 4.78 is 5.22. The molecule has 0 spiro atoms. The van der Waals surface area contributed by atoms with Crippen LogP contribution in [0.15, 0.2) is 72.8 Å². The molecule has 132 valence electrons. The molecule has 0 aliphatic carbocycles. The molecule has 26 heavy (non-hydrogen) atoms. The van der Waals surface area contributed by atoms with Crippen molar-refractivity contribution in [2.24, 2.45) is 0 Å². The summed E-state index contributed by atoms with van der Waals surface area (Å²) in [5.74, 6) is 0.775. The van der Waals surface area contributed by atoms with Gasteiger partial charge in [0.05, 0.1) is 13.5 Å². The van der Waals surface area contributed by atoms with Crippen LogP contribution in [0.5, 0.6) is 5.75 Å². The topological polar surface area (TPSA) is 50.4 Å². The SMILES string of the molecule is COc1cccc(Nc2ccc(NC(=O)Cc3ccc(C)cc3)cc2)c1. The van der Waals surface area contributed by atoms with Crippen LogP contribution in [0.2, 0.25) is 0 Å². The standard InChI is InChI=1S/C22H22N2O2/c1-16-6-8-17(9-7-16)14-22(25)24-19-12-10-18(11-13-19)23-20-4-3-5-21(15-20)26-2/h3-13,15,23H,14H2,1-2H3,(H,24,25). The number of amides is 1. The summed E-state index contributed by atoms with van der Waals surface area (Å²) >= 11 is 0. The summed E-state index contributed by atoms with van der Waals surface area (Å²) in [6, 6.07) is 23.4. The highest BCUT2D eigenvalue weighted by Gasteiger charge is 2.04. The van der Waals surface area contributed by atoms with Crippen molar-refractivity contribution in [3.63, 3.8) is 0 Å². The van der Waals surface area contributed by atoms with Crippen LogP contribution in [0.3, 0.4) is 0 Å². The molecule has 0 unspecified atom stereocenters. The second kappa shape index (κ2) is 8.21. The minimum atomic E-state index is -0.0256. The van der Waals surface area contributed by atoms with E-state index in [1.54, 1.807) is 7.11 Å². The molecule has 4 heteroatoms. The molecule has 3 aromatic carbocycles. The number of benzene rings is 3. The van der Waals surface area contributed by atoms with E-state index < -0.39 is 0 Å². The van der Waals surface area contributed by atoms with E-state index in [0.717, 1.165) is 28.4 Å². The summed E-state index contributed by atoms with van der Waals surface area (Å²) in [5.41, 5.74) is 4.85. The number of nitrogens with one attached hydrogen (secondary N) is 2. The third kappa shape index (κ3) is 4.86. The Morgan fingerprint density at radius 2 is 1.58 bits per heavy atom. The molecule has 4 nitrogen and oxygen atoms in total. The van der Waals surface area contributed by atoms with E-state index in [9.17, 15) is 4.79 Å². The zero-order chi connectivity index (χ0) is 18.4. The molecule has 3 rings (SSSR count). The van der Waals surface area contributed by atoms with Crippen LogP contribution in [0.25, 0.3) is 0 Å². The number of methoxy groups -OCH3 is 1. The number of ether oxygens (including phenoxy) is 1. The van der Waals surface area contributed by atoms with E-state index in [2.05, 4.69) is 10.6 Å². The second-order valence-corrected chi connectivity index (χ2v) is 6.14. The van der Waals surface area contributed by atoms with E-state index in [-0.39, 0.29) is 5.91 Å². The summed E-state index contributed by atoms with van der Waals surface area (Å²) in [4.78, 5) is 12.2. The molecule has 2 N–H and O–H groups in total. The molecule has 0 radical (unpaired) electrons. The summed E-state index contributed by atoms with van der Waals surface area (Å²) in [6.45, 7) is 2.03. The third-order valence-corrected chi connectivity index (χ3v) is 4.01. The van der Waals surface area contributed by atoms with Crippen molar-refractivity contribution in [1.82, 2.24) is 0 Å². The Hall–Kier alpha value is -3.27. The van der Waals surface area contributed by atoms with Crippen LogP contribution in [0, 0.1) is 6.92 Å². The maximum absolute atomic E-state index is 12.2. The van der Waals surface area contributed by atoms with Crippen molar-refractivity contribution in [2.45, 2.75) is 13.3 Å². The number of carbonyl (C=O) groups excluding carboxylic acids is 1. The zero-order valence-corrected chi connectivity index (χ0v) is 15.0. The van der Waals surface area contributed by atoms with Crippen molar-refractivity contribution in [3.05, 3.63) is 83.9 Å². The van der Waals surface area contributed by atoms with E-state index >= 15 is 0 Å². The minimum absolute atomic E-state index is 0.0256. The van der Waals surface area contributed by atoms with Crippen molar-refractivity contribution in [3.8, 4) is 5.75 Å². The molecule has 0 aliphatic rings. The largest absolute Gasteiger partial charge is 0.497 e. The molecule has 0 aromatic heterocycles. The number of rotatable bonds is 6. The molecule has 0 atom stereocenters. The van der Waals surface area contributed by atoms with E-state index in [4.69, 9.17) is 4.74 Å². The van der Waals surface area contributed by atoms with E-state index in [1.165, 1.54) is 5.56 Å². The Morgan fingerprint density at radius 1 is 0.885 bits per heavy atom. The smallest absolute Gasteiger partial charge is 0.228 e. The molecule has 0 saturated heterocycles. The number of anilines is 3. The first-order valence-corrected chi connectivity index (χ1v) is 8.49. The Balaban J connectivity index is 1.58. The van der Waals surface area contributed by atoms with Gasteiger partial charge < -0.3 is 15.4 Å². The number of hydrogen-bond donors (Lipinski definition) is 2. The maximum Gasteiger partial charge on any atom is 0.228 e. The van der Waals surface area contributed by atoms with Gasteiger partial charge in [-0.2, -0.15) is 0 Å². The van der Waals surface area contributed by atoms with E-state index in [1.807, 2.05) is 79.7 Å². The number of hydrogen-bond acceptors (Lipinski definition) is 3. The Morgan fingerprint density at radius 3 is 2.27 bits per heavy atom. The fraction of sp³-hybridized carbons (Fsp3) is 0.136. The number of aryl methyl sites for hydroxylation is 1. The van der Waals surface area contributed by atoms with Crippen molar-refractivity contribution >= 4 is 23.0 Å². The normalized spacial score (nSPS) is 10.2. The molecular weight excluding hydrogens is 324 g/mol. The molecule has 0 heterocycles. The molecule has 0 bridgehead atoms. The van der Waals surface area contributed by atoms with Gasteiger partial charge in [-0.25, -0.2) is 0 Å². The fourth-order valence-corrected chi connectivity index (χ4v) is 2.60. The first kappa shape index (κ1) is 17.5. The van der Waals surface area contributed by atoms with Gasteiger partial charge in [-0.1, -0.05) is 35.9 Å². The first-order chi connectivity index (χ1) is 12.6. The Kier molecular flexibility index (Phi) is 5.54. The lowest BCUT2D eigenvalue weighted by atomic mass is 10.1. The van der Waals surface area contributed by atoms with Gasteiger partial charge in [-0.05, 0) is 48.9 Å². The van der Waals surface area contributed by atoms with Crippen LogP contribution in [-0.4, -0.2) is 13.0 Å². The second-order valence-electron chi connectivity index (χ2n) is 6.14. The molecule has 0 aliphatic heterocycles. The van der Waals surface area contributed by atoms with Crippen molar-refractivity contribution in [1.29, 1.82) is 0 Å². The van der Waals surface area contributed by atoms with Crippen molar-refractivity contribution in [2.75, 3.05) is 17.7 Å². The highest BCUT2D eigenvalue weighted by Crippen LogP contribution is 2.22. The summed E-state index contributed by atoms with van der Waals surface area (Å²) in [5, 5.41) is 6.24. The Labute approximate surface area is 153 Å². The maximum atomic E-state index is 12.2. The van der Waals surface area contributed by atoms with Gasteiger partial charge in [0.15, 0.2) is 0 Å². The van der Waals surface area contributed by atoms with Crippen LogP contribution < -0.4 is 15.4 Å². The average molecular weight is 346 g/mol. The average Bonchev–Trinajstić information content (AvgIpc) is 2.65. The van der Waals surface area contributed by atoms with Gasteiger partial charge in [0.1, 0.15) is 5.75 Å². The minimum Gasteiger partial charge on any atom is -0.497 e.